The average molecular weight is 309 g/mol. The number of carbonyl (C=O) groups excluding carboxylic acids is 1. The Labute approximate surface area is 124 Å². The molecule has 0 fully saturated rings. The number of carbonyl (C=O) groups is 1. The van der Waals surface area contributed by atoms with Crippen LogP contribution in [0.4, 0.5) is 14.5 Å². The van der Waals surface area contributed by atoms with Gasteiger partial charge >= 0.3 is 0 Å². The Morgan fingerprint density at radius 1 is 1.38 bits per heavy atom. The van der Waals surface area contributed by atoms with Gasteiger partial charge in [-0.15, -0.1) is 0 Å². The summed E-state index contributed by atoms with van der Waals surface area (Å²) in [5.41, 5.74) is 1.75. The van der Waals surface area contributed by atoms with Crippen molar-refractivity contribution >= 4 is 23.5 Å². The van der Waals surface area contributed by atoms with Crippen LogP contribution in [0.5, 0.6) is 0 Å². The summed E-state index contributed by atoms with van der Waals surface area (Å²) < 4.78 is 31.0. The van der Waals surface area contributed by atoms with Gasteiger partial charge in [0, 0.05) is 36.4 Å². The van der Waals surface area contributed by atoms with Gasteiger partial charge in [-0.25, -0.2) is 8.78 Å². The molecule has 1 aliphatic rings. The number of aryl methyl sites for hydroxylation is 1. The summed E-state index contributed by atoms with van der Waals surface area (Å²) >= 11 is 1.49. The van der Waals surface area contributed by atoms with Gasteiger partial charge in [-0.05, 0) is 36.1 Å². The number of halogens is 2. The number of nitrogens with zero attached hydrogens (tertiary/aromatic N) is 1. The Hall–Kier alpha value is -1.86. The van der Waals surface area contributed by atoms with E-state index in [1.165, 1.54) is 18.0 Å². The van der Waals surface area contributed by atoms with Crippen LogP contribution in [0.2, 0.25) is 0 Å². The van der Waals surface area contributed by atoms with Crippen molar-refractivity contribution in [1.82, 2.24) is 9.29 Å². The van der Waals surface area contributed by atoms with Crippen LogP contribution in [-0.4, -0.2) is 17.0 Å². The van der Waals surface area contributed by atoms with E-state index >= 15 is 0 Å². The zero-order valence-corrected chi connectivity index (χ0v) is 12.1. The summed E-state index contributed by atoms with van der Waals surface area (Å²) in [6.45, 7) is 0.785. The highest BCUT2D eigenvalue weighted by Crippen LogP contribution is 2.29. The van der Waals surface area contributed by atoms with Crippen molar-refractivity contribution < 1.29 is 13.6 Å². The SMILES string of the molecule is Cn1cc2c(c1C(=O)Nc1ccc(F)c(F)c1)CCNS2. The molecule has 0 saturated heterocycles. The minimum atomic E-state index is -0.985. The first-order valence-corrected chi connectivity index (χ1v) is 7.22. The van der Waals surface area contributed by atoms with Crippen LogP contribution in [0, 0.1) is 11.6 Å². The molecule has 2 heterocycles. The van der Waals surface area contributed by atoms with Gasteiger partial charge < -0.3 is 9.88 Å². The Morgan fingerprint density at radius 2 is 2.19 bits per heavy atom. The number of hydrogen-bond donors (Lipinski definition) is 2. The molecule has 0 aliphatic carbocycles. The van der Waals surface area contributed by atoms with E-state index in [1.54, 1.807) is 11.6 Å². The van der Waals surface area contributed by atoms with E-state index < -0.39 is 11.6 Å². The molecule has 7 heteroatoms. The molecule has 21 heavy (non-hydrogen) atoms. The van der Waals surface area contributed by atoms with Crippen molar-refractivity contribution in [2.45, 2.75) is 11.3 Å². The predicted octanol–water partition coefficient (Wildman–Crippen LogP) is 2.71. The second-order valence-electron chi connectivity index (χ2n) is 4.76. The molecule has 1 aromatic carbocycles. The fraction of sp³-hybridized carbons (Fsp3) is 0.214. The van der Waals surface area contributed by atoms with Crippen LogP contribution in [0.3, 0.4) is 0 Å². The zero-order valence-electron chi connectivity index (χ0n) is 11.2. The maximum Gasteiger partial charge on any atom is 0.272 e. The Morgan fingerprint density at radius 3 is 2.95 bits per heavy atom. The quantitative estimate of drug-likeness (QED) is 0.839. The highest BCUT2D eigenvalue weighted by atomic mass is 32.2. The molecular weight excluding hydrogens is 296 g/mol. The van der Waals surface area contributed by atoms with Gasteiger partial charge in [-0.3, -0.25) is 9.52 Å². The normalized spacial score (nSPS) is 13.9. The van der Waals surface area contributed by atoms with E-state index in [-0.39, 0.29) is 11.6 Å². The second-order valence-corrected chi connectivity index (χ2v) is 5.69. The van der Waals surface area contributed by atoms with E-state index in [2.05, 4.69) is 10.0 Å². The van der Waals surface area contributed by atoms with Crippen molar-refractivity contribution in [3.05, 3.63) is 47.3 Å². The Balaban J connectivity index is 1.88. The van der Waals surface area contributed by atoms with Crippen molar-refractivity contribution in [3.8, 4) is 0 Å². The van der Waals surface area contributed by atoms with Gasteiger partial charge in [0.1, 0.15) is 5.69 Å². The van der Waals surface area contributed by atoms with Crippen LogP contribution in [0.15, 0.2) is 29.3 Å². The molecule has 1 aromatic heterocycles. The topological polar surface area (TPSA) is 46.1 Å². The summed E-state index contributed by atoms with van der Waals surface area (Å²) in [6, 6.07) is 3.30. The Bertz CT molecular complexity index is 714. The maximum atomic E-state index is 13.2. The third-order valence-corrected chi connectivity index (χ3v) is 4.22. The van der Waals surface area contributed by atoms with Crippen molar-refractivity contribution in [2.75, 3.05) is 11.9 Å². The molecule has 110 valence electrons. The summed E-state index contributed by atoms with van der Waals surface area (Å²) in [5, 5.41) is 2.61. The smallest absolute Gasteiger partial charge is 0.272 e. The van der Waals surface area contributed by atoms with Crippen LogP contribution in [0.25, 0.3) is 0 Å². The lowest BCUT2D eigenvalue weighted by molar-refractivity contribution is 0.101. The minimum Gasteiger partial charge on any atom is -0.345 e. The first-order chi connectivity index (χ1) is 10.1. The van der Waals surface area contributed by atoms with Crippen molar-refractivity contribution in [2.24, 2.45) is 7.05 Å². The van der Waals surface area contributed by atoms with Gasteiger partial charge in [-0.1, -0.05) is 0 Å². The number of anilines is 1. The van der Waals surface area contributed by atoms with Gasteiger partial charge in [0.25, 0.3) is 5.91 Å². The van der Waals surface area contributed by atoms with Crippen LogP contribution < -0.4 is 10.0 Å². The first-order valence-electron chi connectivity index (χ1n) is 6.40. The molecule has 2 aromatic rings. The lowest BCUT2D eigenvalue weighted by Crippen LogP contribution is -2.20. The molecule has 3 rings (SSSR count). The summed E-state index contributed by atoms with van der Waals surface area (Å²) in [5.74, 6) is -2.25. The molecule has 0 spiro atoms. The van der Waals surface area contributed by atoms with E-state index in [0.29, 0.717) is 5.69 Å². The van der Waals surface area contributed by atoms with Crippen LogP contribution >= 0.6 is 11.9 Å². The number of aromatic nitrogens is 1. The van der Waals surface area contributed by atoms with Gasteiger partial charge in [0.2, 0.25) is 0 Å². The summed E-state index contributed by atoms with van der Waals surface area (Å²) in [6.07, 6.45) is 2.63. The number of fused-ring (bicyclic) bond motifs is 1. The molecule has 0 radical (unpaired) electrons. The average Bonchev–Trinajstić information content (AvgIpc) is 2.78. The first kappa shape index (κ1) is 14.1. The van der Waals surface area contributed by atoms with E-state index in [9.17, 15) is 13.6 Å². The third-order valence-electron chi connectivity index (χ3n) is 3.30. The largest absolute Gasteiger partial charge is 0.345 e. The van der Waals surface area contributed by atoms with Crippen molar-refractivity contribution in [3.63, 3.8) is 0 Å². The highest BCUT2D eigenvalue weighted by molar-refractivity contribution is 7.97. The number of nitrogens with one attached hydrogen (secondary N) is 2. The van der Waals surface area contributed by atoms with Gasteiger partial charge in [-0.2, -0.15) is 0 Å². The fourth-order valence-corrected chi connectivity index (χ4v) is 3.24. The highest BCUT2D eigenvalue weighted by Gasteiger charge is 2.23. The number of hydrogen-bond acceptors (Lipinski definition) is 3. The molecule has 1 amide bonds. The molecule has 0 atom stereocenters. The lowest BCUT2D eigenvalue weighted by atomic mass is 10.1. The van der Waals surface area contributed by atoms with Crippen LogP contribution in [-0.2, 0) is 13.5 Å². The monoisotopic (exact) mass is 309 g/mol. The lowest BCUT2D eigenvalue weighted by Gasteiger charge is -2.13. The minimum absolute atomic E-state index is 0.232. The van der Waals surface area contributed by atoms with E-state index in [0.717, 1.165) is 35.6 Å². The van der Waals surface area contributed by atoms with Crippen molar-refractivity contribution in [1.29, 1.82) is 0 Å². The zero-order chi connectivity index (χ0) is 15.0. The molecule has 2 N–H and O–H groups in total. The standard InChI is InChI=1S/C14H13F2N3OS/c1-19-7-12-9(4-5-17-21-12)13(19)14(20)18-8-2-3-10(15)11(16)6-8/h2-3,6-7,17H,4-5H2,1H3,(H,18,20). The fourth-order valence-electron chi connectivity index (χ4n) is 2.34. The number of benzene rings is 1. The summed E-state index contributed by atoms with van der Waals surface area (Å²) in [7, 11) is 1.79. The van der Waals surface area contributed by atoms with E-state index in [4.69, 9.17) is 0 Å². The molecule has 4 nitrogen and oxygen atoms in total. The van der Waals surface area contributed by atoms with Crippen LogP contribution in [0.1, 0.15) is 16.1 Å². The molecule has 0 saturated carbocycles. The predicted molar refractivity (Wildman–Crippen MR) is 77.3 cm³/mol. The van der Waals surface area contributed by atoms with E-state index in [1.807, 2.05) is 6.20 Å². The molecule has 0 bridgehead atoms. The molecular formula is C14H13F2N3OS. The van der Waals surface area contributed by atoms with Gasteiger partial charge in [0.15, 0.2) is 11.6 Å². The summed E-state index contributed by atoms with van der Waals surface area (Å²) in [4.78, 5) is 13.4. The third kappa shape index (κ3) is 2.66. The number of amides is 1. The molecule has 1 aliphatic heterocycles. The molecule has 0 unspecified atom stereocenters. The maximum absolute atomic E-state index is 13.2. The Kier molecular flexibility index (Phi) is 3.69. The number of rotatable bonds is 2. The second kappa shape index (κ2) is 5.50. The van der Waals surface area contributed by atoms with Gasteiger partial charge in [0.05, 0.1) is 0 Å².